The van der Waals surface area contributed by atoms with Gasteiger partial charge in [-0.05, 0) is 31.9 Å². The molecule has 0 bridgehead atoms. The molecule has 0 N–H and O–H groups in total. The standard InChI is InChI=1S/C23H32N2O3Si/c1-4-26-29(27-5-2,28-6-3)18-17-25-19-24-22(20-13-9-7-10-14-20)23(25)21-15-11-8-12-16-21/h7-16,23H,4-6,17-19H2,1-3H3. The highest BCUT2D eigenvalue weighted by Gasteiger charge is 2.42. The van der Waals surface area contributed by atoms with E-state index in [1.807, 2.05) is 26.8 Å². The molecule has 6 heteroatoms. The second-order valence-electron chi connectivity index (χ2n) is 6.91. The zero-order valence-electron chi connectivity index (χ0n) is 17.7. The molecule has 0 aliphatic carbocycles. The van der Waals surface area contributed by atoms with Gasteiger partial charge < -0.3 is 13.3 Å². The summed E-state index contributed by atoms with van der Waals surface area (Å²) in [4.78, 5) is 7.32. The fourth-order valence-corrected chi connectivity index (χ4v) is 6.42. The number of nitrogens with zero attached hydrogens (tertiary/aromatic N) is 2. The van der Waals surface area contributed by atoms with Gasteiger partial charge in [0.1, 0.15) is 0 Å². The highest BCUT2D eigenvalue weighted by Crippen LogP contribution is 2.31. The van der Waals surface area contributed by atoms with Crippen LogP contribution in [0.5, 0.6) is 0 Å². The number of benzene rings is 2. The van der Waals surface area contributed by atoms with Crippen molar-refractivity contribution < 1.29 is 13.3 Å². The quantitative estimate of drug-likeness (QED) is 0.508. The molecule has 0 fully saturated rings. The summed E-state index contributed by atoms with van der Waals surface area (Å²) in [6.45, 7) is 9.27. The molecule has 3 rings (SSSR count). The lowest BCUT2D eigenvalue weighted by molar-refractivity contribution is 0.0678. The SMILES string of the molecule is CCO[Si](CCN1CN=C(c2ccccc2)C1c1ccccc1)(OCC)OCC. The first kappa shape index (κ1) is 21.9. The van der Waals surface area contributed by atoms with Crippen LogP contribution in [-0.2, 0) is 13.3 Å². The summed E-state index contributed by atoms with van der Waals surface area (Å²) in [5.41, 5.74) is 3.55. The minimum absolute atomic E-state index is 0.121. The molecule has 2 aromatic carbocycles. The topological polar surface area (TPSA) is 43.3 Å². The Kier molecular flexibility index (Phi) is 8.15. The maximum absolute atomic E-state index is 6.05. The Hall–Kier alpha value is -1.83. The first-order valence-electron chi connectivity index (χ1n) is 10.5. The van der Waals surface area contributed by atoms with E-state index in [0.29, 0.717) is 26.5 Å². The lowest BCUT2D eigenvalue weighted by Gasteiger charge is -2.32. The first-order chi connectivity index (χ1) is 14.2. The van der Waals surface area contributed by atoms with Crippen LogP contribution < -0.4 is 0 Å². The van der Waals surface area contributed by atoms with E-state index in [4.69, 9.17) is 18.3 Å². The van der Waals surface area contributed by atoms with Gasteiger partial charge in [0.05, 0.1) is 18.4 Å². The van der Waals surface area contributed by atoms with Gasteiger partial charge >= 0.3 is 8.80 Å². The van der Waals surface area contributed by atoms with Gasteiger partial charge in [0.25, 0.3) is 0 Å². The van der Waals surface area contributed by atoms with Gasteiger partial charge in [-0.3, -0.25) is 9.89 Å². The summed E-state index contributed by atoms with van der Waals surface area (Å²) < 4.78 is 18.2. The summed E-state index contributed by atoms with van der Waals surface area (Å²) in [7, 11) is -2.69. The minimum atomic E-state index is -2.69. The molecule has 29 heavy (non-hydrogen) atoms. The van der Waals surface area contributed by atoms with Crippen LogP contribution >= 0.6 is 0 Å². The van der Waals surface area contributed by atoms with Crippen LogP contribution in [0.3, 0.4) is 0 Å². The molecule has 0 spiro atoms. The van der Waals surface area contributed by atoms with Crippen LogP contribution in [0, 0.1) is 0 Å². The maximum Gasteiger partial charge on any atom is 0.502 e. The Morgan fingerprint density at radius 1 is 0.862 bits per heavy atom. The molecule has 1 atom stereocenters. The molecular weight excluding hydrogens is 380 g/mol. The zero-order chi connectivity index (χ0) is 20.5. The summed E-state index contributed by atoms with van der Waals surface area (Å²) in [6, 6.07) is 21.9. The largest absolute Gasteiger partial charge is 0.502 e. The smallest absolute Gasteiger partial charge is 0.374 e. The Morgan fingerprint density at radius 2 is 1.41 bits per heavy atom. The Bertz CT molecular complexity index is 753. The second-order valence-corrected chi connectivity index (χ2v) is 9.64. The average molecular weight is 413 g/mol. The van der Waals surface area contributed by atoms with Gasteiger partial charge in [0, 0.05) is 32.4 Å². The van der Waals surface area contributed by atoms with Crippen LogP contribution in [0.1, 0.15) is 37.9 Å². The Balaban J connectivity index is 1.82. The highest BCUT2D eigenvalue weighted by atomic mass is 28.4. The van der Waals surface area contributed by atoms with Crippen molar-refractivity contribution in [2.45, 2.75) is 32.9 Å². The van der Waals surface area contributed by atoms with Crippen molar-refractivity contribution in [1.82, 2.24) is 4.90 Å². The molecule has 0 aromatic heterocycles. The fraction of sp³-hybridized carbons (Fsp3) is 0.435. The van der Waals surface area contributed by atoms with Gasteiger partial charge in [-0.1, -0.05) is 60.7 Å². The van der Waals surface area contributed by atoms with E-state index in [2.05, 4.69) is 59.5 Å². The minimum Gasteiger partial charge on any atom is -0.374 e. The van der Waals surface area contributed by atoms with Gasteiger partial charge in [-0.15, -0.1) is 0 Å². The molecule has 5 nitrogen and oxygen atoms in total. The van der Waals surface area contributed by atoms with E-state index in [9.17, 15) is 0 Å². The van der Waals surface area contributed by atoms with Crippen molar-refractivity contribution in [3.05, 3.63) is 71.8 Å². The summed E-state index contributed by atoms with van der Waals surface area (Å²) >= 11 is 0. The van der Waals surface area contributed by atoms with Crippen molar-refractivity contribution in [1.29, 1.82) is 0 Å². The highest BCUT2D eigenvalue weighted by molar-refractivity contribution is 6.60. The Morgan fingerprint density at radius 3 is 1.97 bits per heavy atom. The fourth-order valence-electron chi connectivity index (χ4n) is 3.85. The molecule has 0 radical (unpaired) electrons. The van der Waals surface area contributed by atoms with Gasteiger partial charge in [-0.2, -0.15) is 0 Å². The van der Waals surface area contributed by atoms with E-state index >= 15 is 0 Å². The number of aliphatic imine (C=N–C) groups is 1. The molecule has 1 aliphatic heterocycles. The average Bonchev–Trinajstić information content (AvgIpc) is 3.18. The number of rotatable bonds is 11. The molecular formula is C23H32N2O3Si. The van der Waals surface area contributed by atoms with E-state index in [0.717, 1.165) is 18.3 Å². The predicted molar refractivity (Wildman–Crippen MR) is 119 cm³/mol. The van der Waals surface area contributed by atoms with Crippen molar-refractivity contribution in [3.63, 3.8) is 0 Å². The van der Waals surface area contributed by atoms with E-state index in [1.165, 1.54) is 11.1 Å². The zero-order valence-corrected chi connectivity index (χ0v) is 18.7. The predicted octanol–water partition coefficient (Wildman–Crippen LogP) is 4.54. The Labute approximate surface area is 175 Å². The van der Waals surface area contributed by atoms with E-state index < -0.39 is 8.80 Å². The second kappa shape index (κ2) is 10.8. The van der Waals surface area contributed by atoms with Crippen LogP contribution in [0.25, 0.3) is 0 Å². The normalized spacial score (nSPS) is 17.5. The van der Waals surface area contributed by atoms with Crippen LogP contribution in [0.4, 0.5) is 0 Å². The number of hydrogen-bond acceptors (Lipinski definition) is 5. The van der Waals surface area contributed by atoms with E-state index in [-0.39, 0.29) is 6.04 Å². The van der Waals surface area contributed by atoms with Crippen LogP contribution in [-0.4, -0.2) is 52.5 Å². The molecule has 156 valence electrons. The molecule has 0 saturated carbocycles. The summed E-state index contributed by atoms with van der Waals surface area (Å²) in [6.07, 6.45) is 0. The molecule has 2 aromatic rings. The third kappa shape index (κ3) is 5.41. The van der Waals surface area contributed by atoms with Gasteiger partial charge in [0.2, 0.25) is 0 Å². The summed E-state index contributed by atoms with van der Waals surface area (Å²) in [5, 5.41) is 0. The van der Waals surface area contributed by atoms with Crippen molar-refractivity contribution in [3.8, 4) is 0 Å². The van der Waals surface area contributed by atoms with Gasteiger partial charge in [-0.25, -0.2) is 0 Å². The summed E-state index contributed by atoms with van der Waals surface area (Å²) in [5.74, 6) is 0. The van der Waals surface area contributed by atoms with Gasteiger partial charge in [0.15, 0.2) is 0 Å². The number of hydrogen-bond donors (Lipinski definition) is 0. The first-order valence-corrected chi connectivity index (χ1v) is 12.5. The third-order valence-corrected chi connectivity index (χ3v) is 8.05. The van der Waals surface area contributed by atoms with Crippen molar-refractivity contribution in [2.75, 3.05) is 33.0 Å². The van der Waals surface area contributed by atoms with Crippen molar-refractivity contribution >= 4 is 14.5 Å². The molecule has 0 saturated heterocycles. The maximum atomic E-state index is 6.05. The van der Waals surface area contributed by atoms with E-state index in [1.54, 1.807) is 0 Å². The molecule has 1 heterocycles. The lowest BCUT2D eigenvalue weighted by Crippen LogP contribution is -2.48. The molecule has 1 aliphatic rings. The monoisotopic (exact) mass is 412 g/mol. The van der Waals surface area contributed by atoms with Crippen LogP contribution in [0.2, 0.25) is 6.04 Å². The third-order valence-electron chi connectivity index (χ3n) is 5.03. The lowest BCUT2D eigenvalue weighted by atomic mass is 9.96. The van der Waals surface area contributed by atoms with Crippen molar-refractivity contribution in [2.24, 2.45) is 4.99 Å². The molecule has 0 amide bonds. The van der Waals surface area contributed by atoms with Crippen LogP contribution in [0.15, 0.2) is 65.7 Å². The molecule has 1 unspecified atom stereocenters.